The van der Waals surface area contributed by atoms with Gasteiger partial charge in [-0.15, -0.1) is 0 Å². The van der Waals surface area contributed by atoms with Crippen LogP contribution in [0.1, 0.15) is 37.6 Å². The van der Waals surface area contributed by atoms with Gasteiger partial charge in [0.15, 0.2) is 6.61 Å². The summed E-state index contributed by atoms with van der Waals surface area (Å²) in [7, 11) is 0. The van der Waals surface area contributed by atoms with E-state index in [1.165, 1.54) is 0 Å². The van der Waals surface area contributed by atoms with E-state index >= 15 is 0 Å². The van der Waals surface area contributed by atoms with E-state index in [-0.39, 0.29) is 12.0 Å². The van der Waals surface area contributed by atoms with Gasteiger partial charge >= 0.3 is 0 Å². The molecule has 1 aromatic heterocycles. The van der Waals surface area contributed by atoms with E-state index in [4.69, 9.17) is 19.5 Å². The van der Waals surface area contributed by atoms with Crippen molar-refractivity contribution in [1.29, 1.82) is 5.26 Å². The molecule has 0 fully saturated rings. The largest absolute Gasteiger partial charge is 0.489 e. The molecule has 0 radical (unpaired) electrons. The Labute approximate surface area is 200 Å². The second-order valence-corrected chi connectivity index (χ2v) is 9.04. The van der Waals surface area contributed by atoms with Gasteiger partial charge in [-0.05, 0) is 35.2 Å². The van der Waals surface area contributed by atoms with E-state index in [0.29, 0.717) is 30.5 Å². The van der Waals surface area contributed by atoms with Crippen molar-refractivity contribution in [3.8, 4) is 23.3 Å². The number of nitrogens with zero attached hydrogens (tertiary/aromatic N) is 2. The summed E-state index contributed by atoms with van der Waals surface area (Å²) in [6.45, 7) is 7.05. The first-order valence-corrected chi connectivity index (χ1v) is 11.3. The number of ether oxygens (including phenoxy) is 3. The molecular formula is C29H28N2O3. The van der Waals surface area contributed by atoms with Crippen molar-refractivity contribution in [1.82, 2.24) is 4.98 Å². The van der Waals surface area contributed by atoms with Crippen molar-refractivity contribution < 1.29 is 14.2 Å². The SMILES string of the molecule is CC(C)(C)c1cccc(COc2cccc(OCc3ccc4ccccc4n3)c2)c1OCC#N. The maximum Gasteiger partial charge on any atom is 0.174 e. The highest BCUT2D eigenvalue weighted by molar-refractivity contribution is 5.78. The van der Waals surface area contributed by atoms with Gasteiger partial charge in [-0.2, -0.15) is 5.26 Å². The molecule has 4 rings (SSSR count). The van der Waals surface area contributed by atoms with Crippen LogP contribution in [0.3, 0.4) is 0 Å². The molecule has 0 unspecified atom stereocenters. The minimum absolute atomic E-state index is 0.00771. The Morgan fingerprint density at radius 2 is 1.53 bits per heavy atom. The lowest BCUT2D eigenvalue weighted by Crippen LogP contribution is -2.15. The smallest absolute Gasteiger partial charge is 0.174 e. The Hall–Kier alpha value is -4.04. The van der Waals surface area contributed by atoms with Gasteiger partial charge < -0.3 is 14.2 Å². The first-order chi connectivity index (χ1) is 16.4. The third-order valence-electron chi connectivity index (χ3n) is 5.43. The average molecular weight is 453 g/mol. The number of benzene rings is 3. The number of fused-ring (bicyclic) bond motifs is 1. The lowest BCUT2D eigenvalue weighted by Gasteiger charge is -2.24. The second kappa shape index (κ2) is 10.3. The van der Waals surface area contributed by atoms with Gasteiger partial charge in [0.1, 0.15) is 36.5 Å². The molecule has 0 aliphatic heterocycles. The highest BCUT2D eigenvalue weighted by Crippen LogP contribution is 2.35. The first kappa shape index (κ1) is 23.1. The van der Waals surface area contributed by atoms with E-state index in [1.807, 2.05) is 72.8 Å². The van der Waals surface area contributed by atoms with Gasteiger partial charge in [-0.25, -0.2) is 4.98 Å². The van der Waals surface area contributed by atoms with Crippen LogP contribution in [0.2, 0.25) is 0 Å². The van der Waals surface area contributed by atoms with Crippen LogP contribution in [0.5, 0.6) is 17.2 Å². The van der Waals surface area contributed by atoms with E-state index in [9.17, 15) is 0 Å². The van der Waals surface area contributed by atoms with Crippen molar-refractivity contribution in [2.75, 3.05) is 6.61 Å². The standard InChI is InChI=1S/C29H28N2O3/c1-29(2,3)26-12-6-9-22(28(26)32-17-16-30)19-33-24-10-7-11-25(18-24)34-20-23-15-14-21-8-4-5-13-27(21)31-23/h4-15,18H,17,19-20H2,1-3H3. The molecule has 1 heterocycles. The van der Waals surface area contributed by atoms with Gasteiger partial charge in [-0.3, -0.25) is 0 Å². The molecule has 0 aliphatic rings. The molecule has 4 aromatic rings. The zero-order valence-electron chi connectivity index (χ0n) is 19.7. The molecule has 5 nitrogen and oxygen atoms in total. The molecule has 0 bridgehead atoms. The van der Waals surface area contributed by atoms with E-state index in [2.05, 4.69) is 37.9 Å². The number of nitriles is 1. The third-order valence-corrected chi connectivity index (χ3v) is 5.43. The summed E-state index contributed by atoms with van der Waals surface area (Å²) in [5.41, 5.74) is 3.64. The van der Waals surface area contributed by atoms with Crippen LogP contribution < -0.4 is 14.2 Å². The summed E-state index contributed by atoms with van der Waals surface area (Å²) in [6.07, 6.45) is 0. The van der Waals surface area contributed by atoms with Gasteiger partial charge in [0.05, 0.1) is 11.2 Å². The molecule has 34 heavy (non-hydrogen) atoms. The van der Waals surface area contributed by atoms with Gasteiger partial charge in [0, 0.05) is 17.0 Å². The monoisotopic (exact) mass is 452 g/mol. The van der Waals surface area contributed by atoms with Crippen LogP contribution in [-0.2, 0) is 18.6 Å². The number of pyridine rings is 1. The van der Waals surface area contributed by atoms with Crippen LogP contribution in [0.25, 0.3) is 10.9 Å². The fourth-order valence-electron chi connectivity index (χ4n) is 3.72. The first-order valence-electron chi connectivity index (χ1n) is 11.3. The molecule has 0 aliphatic carbocycles. The summed E-state index contributed by atoms with van der Waals surface area (Å²) in [4.78, 5) is 4.66. The average Bonchev–Trinajstić information content (AvgIpc) is 2.84. The van der Waals surface area contributed by atoms with Crippen molar-refractivity contribution in [2.45, 2.75) is 39.4 Å². The lowest BCUT2D eigenvalue weighted by molar-refractivity contribution is 0.280. The summed E-state index contributed by atoms with van der Waals surface area (Å²) in [5, 5.41) is 10.1. The molecule has 5 heteroatoms. The van der Waals surface area contributed by atoms with Crippen molar-refractivity contribution in [3.05, 3.63) is 95.7 Å². The molecular weight excluding hydrogens is 424 g/mol. The summed E-state index contributed by atoms with van der Waals surface area (Å²) >= 11 is 0. The van der Waals surface area contributed by atoms with Crippen LogP contribution in [0, 0.1) is 11.3 Å². The quantitative estimate of drug-likeness (QED) is 0.302. The maximum absolute atomic E-state index is 9.01. The van der Waals surface area contributed by atoms with Crippen molar-refractivity contribution in [3.63, 3.8) is 0 Å². The van der Waals surface area contributed by atoms with E-state index < -0.39 is 0 Å². The Kier molecular flexibility index (Phi) is 6.98. The summed E-state index contributed by atoms with van der Waals surface area (Å²) in [5.74, 6) is 2.11. The highest BCUT2D eigenvalue weighted by atomic mass is 16.5. The summed E-state index contributed by atoms with van der Waals surface area (Å²) < 4.78 is 17.8. The Bertz CT molecular complexity index is 1320. The van der Waals surface area contributed by atoms with Crippen LogP contribution >= 0.6 is 0 Å². The van der Waals surface area contributed by atoms with Crippen molar-refractivity contribution >= 4 is 10.9 Å². The number of rotatable bonds is 8. The molecule has 0 amide bonds. The number of aromatic nitrogens is 1. The maximum atomic E-state index is 9.01. The van der Waals surface area contributed by atoms with Crippen LogP contribution in [0.15, 0.2) is 78.9 Å². The van der Waals surface area contributed by atoms with E-state index in [1.54, 1.807) is 0 Å². The van der Waals surface area contributed by atoms with Crippen LogP contribution in [-0.4, -0.2) is 11.6 Å². The molecule has 172 valence electrons. The molecule has 0 atom stereocenters. The second-order valence-electron chi connectivity index (χ2n) is 9.04. The molecule has 3 aromatic carbocycles. The molecule has 0 spiro atoms. The Balaban J connectivity index is 1.45. The Morgan fingerprint density at radius 1 is 0.794 bits per heavy atom. The lowest BCUT2D eigenvalue weighted by atomic mass is 9.85. The van der Waals surface area contributed by atoms with E-state index in [0.717, 1.165) is 27.7 Å². The molecule has 0 saturated carbocycles. The topological polar surface area (TPSA) is 64.4 Å². The highest BCUT2D eigenvalue weighted by Gasteiger charge is 2.21. The normalized spacial score (nSPS) is 11.1. The minimum Gasteiger partial charge on any atom is -0.489 e. The number of para-hydroxylation sites is 2. The minimum atomic E-state index is -0.120. The summed E-state index contributed by atoms with van der Waals surface area (Å²) in [6, 6.07) is 27.7. The molecule has 0 N–H and O–H groups in total. The van der Waals surface area contributed by atoms with Gasteiger partial charge in [0.25, 0.3) is 0 Å². The van der Waals surface area contributed by atoms with Crippen molar-refractivity contribution in [2.24, 2.45) is 0 Å². The number of hydrogen-bond donors (Lipinski definition) is 0. The fraction of sp³-hybridized carbons (Fsp3) is 0.241. The van der Waals surface area contributed by atoms with Gasteiger partial charge in [-0.1, -0.05) is 69.3 Å². The zero-order chi connectivity index (χ0) is 24.0. The number of hydrogen-bond acceptors (Lipinski definition) is 5. The zero-order valence-corrected chi connectivity index (χ0v) is 19.7. The van der Waals surface area contributed by atoms with Crippen LogP contribution in [0.4, 0.5) is 0 Å². The third kappa shape index (κ3) is 5.65. The Morgan fingerprint density at radius 3 is 2.29 bits per heavy atom. The molecule has 0 saturated heterocycles. The predicted molar refractivity (Wildman–Crippen MR) is 133 cm³/mol. The fourth-order valence-corrected chi connectivity index (χ4v) is 3.72. The predicted octanol–water partition coefficient (Wildman–Crippen LogP) is 6.59. The van der Waals surface area contributed by atoms with Gasteiger partial charge in [0.2, 0.25) is 0 Å².